The Kier molecular flexibility index (Phi) is 5.74. The molecule has 0 aliphatic heterocycles. The van der Waals surface area contributed by atoms with Crippen LogP contribution in [0, 0.1) is 5.82 Å². The molecule has 0 bridgehead atoms. The maximum atomic E-state index is 12.9. The van der Waals surface area contributed by atoms with Gasteiger partial charge in [-0.15, -0.1) is 0 Å². The van der Waals surface area contributed by atoms with Gasteiger partial charge >= 0.3 is 0 Å². The predicted molar refractivity (Wildman–Crippen MR) is 88.9 cm³/mol. The Bertz CT molecular complexity index is 637. The van der Waals surface area contributed by atoms with E-state index in [1.807, 2.05) is 38.2 Å². The Morgan fingerprint density at radius 1 is 1.13 bits per heavy atom. The minimum absolute atomic E-state index is 0.0124. The van der Waals surface area contributed by atoms with Crippen LogP contribution in [0.25, 0.3) is 0 Å². The lowest BCUT2D eigenvalue weighted by molar-refractivity contribution is -0.131. The van der Waals surface area contributed by atoms with E-state index in [1.54, 1.807) is 24.1 Å². The molecule has 4 heteroatoms. The minimum atomic E-state index is -0.259. The average molecular weight is 315 g/mol. The lowest BCUT2D eigenvalue weighted by Crippen LogP contribution is -2.29. The molecule has 0 saturated heterocycles. The van der Waals surface area contributed by atoms with Gasteiger partial charge in [0, 0.05) is 13.5 Å². The summed E-state index contributed by atoms with van der Waals surface area (Å²) in [6.07, 6.45) is 1.02. The van der Waals surface area contributed by atoms with Crippen molar-refractivity contribution in [3.05, 3.63) is 65.5 Å². The molecule has 0 aliphatic carbocycles. The number of halogens is 1. The zero-order valence-corrected chi connectivity index (χ0v) is 13.8. The molecule has 0 N–H and O–H groups in total. The lowest BCUT2D eigenvalue weighted by atomic mass is 10.1. The zero-order chi connectivity index (χ0) is 16.8. The molecule has 2 aromatic rings. The van der Waals surface area contributed by atoms with E-state index >= 15 is 0 Å². The van der Waals surface area contributed by atoms with Gasteiger partial charge in [-0.05, 0) is 48.7 Å². The molecule has 1 unspecified atom stereocenters. The maximum Gasteiger partial charge on any atom is 0.223 e. The van der Waals surface area contributed by atoms with Gasteiger partial charge in [-0.25, -0.2) is 4.39 Å². The number of ether oxygens (including phenoxy) is 1. The molecule has 0 radical (unpaired) electrons. The fourth-order valence-electron chi connectivity index (χ4n) is 2.40. The first kappa shape index (κ1) is 17.0. The highest BCUT2D eigenvalue weighted by Gasteiger charge is 2.17. The van der Waals surface area contributed by atoms with Crippen LogP contribution in [0.15, 0.2) is 48.5 Å². The van der Waals surface area contributed by atoms with E-state index in [1.165, 1.54) is 12.1 Å². The van der Waals surface area contributed by atoms with Crippen LogP contribution in [0.5, 0.6) is 5.75 Å². The Balaban J connectivity index is 1.93. The third kappa shape index (κ3) is 4.55. The number of nitrogens with zero attached hydrogens (tertiary/aromatic N) is 1. The standard InChI is InChI=1S/C19H22FNO2/c1-14(16-7-11-18(23-3)12-8-16)21(2)19(22)13-6-15-4-9-17(20)10-5-15/h4-5,7-12,14H,6,13H2,1-3H3. The molecule has 0 spiro atoms. The normalized spacial score (nSPS) is 11.8. The van der Waals surface area contributed by atoms with E-state index in [0.717, 1.165) is 16.9 Å². The summed E-state index contributed by atoms with van der Waals surface area (Å²) in [6.45, 7) is 2.00. The molecule has 2 rings (SSSR count). The van der Waals surface area contributed by atoms with Crippen molar-refractivity contribution in [3.63, 3.8) is 0 Å². The van der Waals surface area contributed by atoms with Crippen LogP contribution in [0.3, 0.4) is 0 Å². The highest BCUT2D eigenvalue weighted by molar-refractivity contribution is 5.76. The Hall–Kier alpha value is -2.36. The van der Waals surface area contributed by atoms with Gasteiger partial charge in [0.1, 0.15) is 11.6 Å². The van der Waals surface area contributed by atoms with Gasteiger partial charge in [0.2, 0.25) is 5.91 Å². The number of aryl methyl sites for hydroxylation is 1. The van der Waals surface area contributed by atoms with Gasteiger partial charge in [0.15, 0.2) is 0 Å². The number of hydrogen-bond donors (Lipinski definition) is 0. The van der Waals surface area contributed by atoms with E-state index in [0.29, 0.717) is 12.8 Å². The van der Waals surface area contributed by atoms with Crippen LogP contribution in [0.1, 0.15) is 30.5 Å². The van der Waals surface area contributed by atoms with Gasteiger partial charge in [0.25, 0.3) is 0 Å². The predicted octanol–water partition coefficient (Wildman–Crippen LogP) is 3.99. The molecule has 1 atom stereocenters. The van der Waals surface area contributed by atoms with E-state index in [-0.39, 0.29) is 17.8 Å². The molecule has 2 aromatic carbocycles. The topological polar surface area (TPSA) is 29.5 Å². The second kappa shape index (κ2) is 7.77. The Morgan fingerprint density at radius 3 is 2.30 bits per heavy atom. The van der Waals surface area contributed by atoms with Crippen LogP contribution >= 0.6 is 0 Å². The molecule has 1 amide bonds. The number of hydrogen-bond acceptors (Lipinski definition) is 2. The summed E-state index contributed by atoms with van der Waals surface area (Å²) in [5, 5.41) is 0. The molecule has 0 aromatic heterocycles. The fraction of sp³-hybridized carbons (Fsp3) is 0.316. The van der Waals surface area contributed by atoms with E-state index in [9.17, 15) is 9.18 Å². The van der Waals surface area contributed by atoms with Crippen LogP contribution in [0.4, 0.5) is 4.39 Å². The van der Waals surface area contributed by atoms with Crippen molar-refractivity contribution in [2.75, 3.05) is 14.2 Å². The van der Waals surface area contributed by atoms with Gasteiger partial charge in [-0.3, -0.25) is 4.79 Å². The first-order valence-electron chi connectivity index (χ1n) is 7.65. The summed E-state index contributed by atoms with van der Waals surface area (Å²) in [4.78, 5) is 14.1. The van der Waals surface area contributed by atoms with Crippen molar-refractivity contribution in [1.29, 1.82) is 0 Å². The third-order valence-corrected chi connectivity index (χ3v) is 4.11. The smallest absolute Gasteiger partial charge is 0.223 e. The number of benzene rings is 2. The molecular weight excluding hydrogens is 293 g/mol. The Labute approximate surface area is 136 Å². The molecule has 122 valence electrons. The first-order chi connectivity index (χ1) is 11.0. The quantitative estimate of drug-likeness (QED) is 0.807. The van der Waals surface area contributed by atoms with E-state index < -0.39 is 0 Å². The second-order valence-corrected chi connectivity index (χ2v) is 5.58. The molecular formula is C19H22FNO2. The summed E-state index contributed by atoms with van der Waals surface area (Å²) < 4.78 is 18.0. The number of methoxy groups -OCH3 is 1. The van der Waals surface area contributed by atoms with E-state index in [4.69, 9.17) is 4.74 Å². The third-order valence-electron chi connectivity index (χ3n) is 4.11. The van der Waals surface area contributed by atoms with Crippen LogP contribution in [-0.4, -0.2) is 25.0 Å². The molecule has 0 fully saturated rings. The molecule has 3 nitrogen and oxygen atoms in total. The summed E-state index contributed by atoms with van der Waals surface area (Å²) >= 11 is 0. The fourth-order valence-corrected chi connectivity index (χ4v) is 2.40. The Morgan fingerprint density at radius 2 is 1.74 bits per heavy atom. The summed E-state index contributed by atoms with van der Waals surface area (Å²) in [7, 11) is 3.44. The number of carbonyl (C=O) groups is 1. The molecule has 0 heterocycles. The SMILES string of the molecule is COc1ccc(C(C)N(C)C(=O)CCc2ccc(F)cc2)cc1. The average Bonchev–Trinajstić information content (AvgIpc) is 2.59. The van der Waals surface area contributed by atoms with Crippen molar-refractivity contribution in [2.45, 2.75) is 25.8 Å². The summed E-state index contributed by atoms with van der Waals surface area (Å²) in [6, 6.07) is 14.0. The highest BCUT2D eigenvalue weighted by Crippen LogP contribution is 2.22. The van der Waals surface area contributed by atoms with Crippen molar-refractivity contribution in [2.24, 2.45) is 0 Å². The molecule has 23 heavy (non-hydrogen) atoms. The molecule has 0 saturated carbocycles. The number of rotatable bonds is 6. The monoisotopic (exact) mass is 315 g/mol. The van der Waals surface area contributed by atoms with Crippen molar-refractivity contribution < 1.29 is 13.9 Å². The van der Waals surface area contributed by atoms with Gasteiger partial charge in [-0.2, -0.15) is 0 Å². The van der Waals surface area contributed by atoms with Crippen LogP contribution < -0.4 is 4.74 Å². The highest BCUT2D eigenvalue weighted by atomic mass is 19.1. The number of amides is 1. The zero-order valence-electron chi connectivity index (χ0n) is 13.8. The second-order valence-electron chi connectivity index (χ2n) is 5.58. The van der Waals surface area contributed by atoms with Crippen molar-refractivity contribution in [1.82, 2.24) is 4.90 Å². The first-order valence-corrected chi connectivity index (χ1v) is 7.65. The minimum Gasteiger partial charge on any atom is -0.497 e. The largest absolute Gasteiger partial charge is 0.497 e. The summed E-state index contributed by atoms with van der Waals surface area (Å²) in [5.74, 6) is 0.606. The lowest BCUT2D eigenvalue weighted by Gasteiger charge is -2.25. The van der Waals surface area contributed by atoms with Crippen molar-refractivity contribution >= 4 is 5.91 Å². The van der Waals surface area contributed by atoms with Crippen LogP contribution in [0.2, 0.25) is 0 Å². The van der Waals surface area contributed by atoms with E-state index in [2.05, 4.69) is 0 Å². The maximum absolute atomic E-state index is 12.9. The van der Waals surface area contributed by atoms with Gasteiger partial charge in [-0.1, -0.05) is 24.3 Å². The van der Waals surface area contributed by atoms with Crippen LogP contribution in [-0.2, 0) is 11.2 Å². The van der Waals surface area contributed by atoms with Gasteiger partial charge in [0.05, 0.1) is 13.2 Å². The summed E-state index contributed by atoms with van der Waals surface area (Å²) in [5.41, 5.74) is 2.02. The number of carbonyl (C=O) groups excluding carboxylic acids is 1. The van der Waals surface area contributed by atoms with Crippen molar-refractivity contribution in [3.8, 4) is 5.75 Å². The van der Waals surface area contributed by atoms with Gasteiger partial charge < -0.3 is 9.64 Å². The molecule has 0 aliphatic rings.